The standard InChI is InChI=1S/C26H20BrCl2N3O5/c1-36-16-7-8-17(20(12-16)37-2)22-21-23(32(30-22)24(33)13-4-3-5-14(27)10-13)26(35)31(25(21)34)19-9-6-15(28)11-18(19)29/h3-12,21-23,30H,1-2H3/t21-,22-,23+/m0/s1. The van der Waals surface area contributed by atoms with E-state index in [1.54, 1.807) is 48.5 Å². The maximum atomic E-state index is 13.9. The van der Waals surface area contributed by atoms with E-state index < -0.39 is 35.7 Å². The molecule has 2 aliphatic heterocycles. The predicted molar refractivity (Wildman–Crippen MR) is 142 cm³/mol. The molecule has 190 valence electrons. The highest BCUT2D eigenvalue weighted by Gasteiger charge is 2.61. The summed E-state index contributed by atoms with van der Waals surface area (Å²) in [4.78, 5) is 42.3. The highest BCUT2D eigenvalue weighted by atomic mass is 79.9. The number of carbonyl (C=O) groups is 3. The number of amides is 3. The largest absolute Gasteiger partial charge is 0.497 e. The molecule has 0 aromatic heterocycles. The Hall–Kier alpha value is -3.11. The highest BCUT2D eigenvalue weighted by molar-refractivity contribution is 9.10. The summed E-state index contributed by atoms with van der Waals surface area (Å²) in [5.41, 5.74) is 4.25. The fraction of sp³-hybridized carbons (Fsp3) is 0.192. The summed E-state index contributed by atoms with van der Waals surface area (Å²) in [6.07, 6.45) is 0. The van der Waals surface area contributed by atoms with Crippen LogP contribution in [0.5, 0.6) is 11.5 Å². The van der Waals surface area contributed by atoms with E-state index in [4.69, 9.17) is 32.7 Å². The first-order valence-electron chi connectivity index (χ1n) is 11.1. The van der Waals surface area contributed by atoms with Gasteiger partial charge in [-0.3, -0.25) is 19.4 Å². The van der Waals surface area contributed by atoms with Gasteiger partial charge in [0.05, 0.1) is 36.9 Å². The first-order chi connectivity index (χ1) is 17.7. The van der Waals surface area contributed by atoms with Crippen molar-refractivity contribution in [1.29, 1.82) is 0 Å². The molecule has 3 atom stereocenters. The van der Waals surface area contributed by atoms with Crippen molar-refractivity contribution in [3.8, 4) is 11.5 Å². The van der Waals surface area contributed by atoms with Crippen molar-refractivity contribution in [3.05, 3.63) is 86.3 Å². The van der Waals surface area contributed by atoms with Gasteiger partial charge in [-0.15, -0.1) is 0 Å². The molecule has 2 fully saturated rings. The molecule has 0 unspecified atom stereocenters. The Morgan fingerprint density at radius 3 is 2.43 bits per heavy atom. The number of hydrogen-bond donors (Lipinski definition) is 1. The molecule has 5 rings (SSSR count). The second kappa shape index (κ2) is 9.98. The average molecular weight is 605 g/mol. The number of hydrogen-bond acceptors (Lipinski definition) is 6. The van der Waals surface area contributed by atoms with Crippen molar-refractivity contribution < 1.29 is 23.9 Å². The van der Waals surface area contributed by atoms with Crippen molar-refractivity contribution in [2.45, 2.75) is 12.1 Å². The van der Waals surface area contributed by atoms with Crippen LogP contribution in [-0.2, 0) is 9.59 Å². The van der Waals surface area contributed by atoms with E-state index in [1.165, 1.54) is 31.4 Å². The molecule has 3 aromatic rings. The van der Waals surface area contributed by atoms with Gasteiger partial charge < -0.3 is 9.47 Å². The second-order valence-corrected chi connectivity index (χ2v) is 10.2. The Balaban J connectivity index is 1.63. The van der Waals surface area contributed by atoms with Gasteiger partial charge in [-0.05, 0) is 48.5 Å². The van der Waals surface area contributed by atoms with Gasteiger partial charge in [0.2, 0.25) is 5.91 Å². The summed E-state index contributed by atoms with van der Waals surface area (Å²) in [5.74, 6) is -1.49. The van der Waals surface area contributed by atoms with Gasteiger partial charge in [-0.2, -0.15) is 0 Å². The molecule has 11 heteroatoms. The molecule has 0 aliphatic carbocycles. The van der Waals surface area contributed by atoms with E-state index in [0.717, 1.165) is 4.90 Å². The maximum Gasteiger partial charge on any atom is 0.268 e. The van der Waals surface area contributed by atoms with Crippen molar-refractivity contribution in [2.24, 2.45) is 5.92 Å². The van der Waals surface area contributed by atoms with Crippen molar-refractivity contribution in [3.63, 3.8) is 0 Å². The van der Waals surface area contributed by atoms with E-state index >= 15 is 0 Å². The smallest absolute Gasteiger partial charge is 0.268 e. The number of ether oxygens (including phenoxy) is 2. The summed E-state index contributed by atoms with van der Waals surface area (Å²) >= 11 is 15.8. The van der Waals surface area contributed by atoms with Gasteiger partial charge in [-0.1, -0.05) is 45.2 Å². The van der Waals surface area contributed by atoms with Crippen molar-refractivity contribution in [2.75, 3.05) is 19.1 Å². The summed E-state index contributed by atoms with van der Waals surface area (Å²) in [5, 5.41) is 1.73. The zero-order valence-corrected chi connectivity index (χ0v) is 22.7. The van der Waals surface area contributed by atoms with Gasteiger partial charge in [-0.25, -0.2) is 10.3 Å². The Morgan fingerprint density at radius 1 is 0.973 bits per heavy atom. The number of imide groups is 1. The van der Waals surface area contributed by atoms with Gasteiger partial charge in [0.25, 0.3) is 11.8 Å². The van der Waals surface area contributed by atoms with Crippen LogP contribution in [0.1, 0.15) is 22.0 Å². The highest BCUT2D eigenvalue weighted by Crippen LogP contribution is 2.46. The van der Waals surface area contributed by atoms with E-state index in [0.29, 0.717) is 32.1 Å². The van der Waals surface area contributed by atoms with Gasteiger partial charge in [0, 0.05) is 26.7 Å². The molecule has 1 N–H and O–H groups in total. The molecule has 0 radical (unpaired) electrons. The van der Waals surface area contributed by atoms with Crippen molar-refractivity contribution in [1.82, 2.24) is 10.4 Å². The number of fused-ring (bicyclic) bond motifs is 1. The lowest BCUT2D eigenvalue weighted by atomic mass is 9.90. The fourth-order valence-corrected chi connectivity index (χ4v) is 5.66. The molecule has 0 saturated carbocycles. The number of nitrogens with zero attached hydrogens (tertiary/aromatic N) is 2. The number of carbonyl (C=O) groups excluding carboxylic acids is 3. The zero-order valence-electron chi connectivity index (χ0n) is 19.6. The predicted octanol–water partition coefficient (Wildman–Crippen LogP) is 5.03. The number of nitrogens with one attached hydrogen (secondary N) is 1. The monoisotopic (exact) mass is 603 g/mol. The molecule has 2 saturated heterocycles. The third-order valence-electron chi connectivity index (χ3n) is 6.45. The topological polar surface area (TPSA) is 88.2 Å². The van der Waals surface area contributed by atoms with Crippen LogP contribution in [0.25, 0.3) is 0 Å². The third-order valence-corrected chi connectivity index (χ3v) is 7.48. The molecular formula is C26H20BrCl2N3O5. The van der Waals surface area contributed by atoms with E-state index in [2.05, 4.69) is 21.4 Å². The van der Waals surface area contributed by atoms with E-state index in [1.807, 2.05) is 0 Å². The molecule has 2 heterocycles. The average Bonchev–Trinajstić information content (AvgIpc) is 3.40. The number of hydrazine groups is 1. The second-order valence-electron chi connectivity index (χ2n) is 8.48. The molecule has 8 nitrogen and oxygen atoms in total. The minimum Gasteiger partial charge on any atom is -0.497 e. The first-order valence-corrected chi connectivity index (χ1v) is 12.7. The molecule has 0 bridgehead atoms. The number of anilines is 1. The SMILES string of the molecule is COc1ccc([C@@H]2NN(C(=O)c3cccc(Br)c3)[C@H]3C(=O)N(c4ccc(Cl)cc4Cl)C(=O)[C@@H]23)c(OC)c1. The number of halogens is 3. The summed E-state index contributed by atoms with van der Waals surface area (Å²) < 4.78 is 11.6. The normalized spacial score (nSPS) is 20.8. The van der Waals surface area contributed by atoms with E-state index in [-0.39, 0.29) is 10.7 Å². The Kier molecular flexibility index (Phi) is 6.89. The lowest BCUT2D eigenvalue weighted by Gasteiger charge is -2.26. The van der Waals surface area contributed by atoms with Crippen LogP contribution in [0.4, 0.5) is 5.69 Å². The maximum absolute atomic E-state index is 13.9. The Bertz CT molecular complexity index is 1440. The van der Waals surface area contributed by atoms with Crippen LogP contribution < -0.4 is 19.8 Å². The fourth-order valence-electron chi connectivity index (χ4n) is 4.77. The number of benzene rings is 3. The van der Waals surface area contributed by atoms with Crippen LogP contribution in [-0.4, -0.2) is 43.0 Å². The molecular weight excluding hydrogens is 585 g/mol. The van der Waals surface area contributed by atoms with Gasteiger partial charge >= 0.3 is 0 Å². The Labute approximate surface area is 231 Å². The minimum absolute atomic E-state index is 0.144. The van der Waals surface area contributed by atoms with Crippen LogP contribution >= 0.6 is 39.1 Å². The third kappa shape index (κ3) is 4.35. The molecule has 3 aromatic carbocycles. The zero-order chi connectivity index (χ0) is 26.4. The van der Waals surface area contributed by atoms with Crippen LogP contribution in [0.2, 0.25) is 10.0 Å². The van der Waals surface area contributed by atoms with Gasteiger partial charge in [0.1, 0.15) is 17.5 Å². The van der Waals surface area contributed by atoms with E-state index in [9.17, 15) is 14.4 Å². The summed E-state index contributed by atoms with van der Waals surface area (Å²) in [6, 6.07) is 14.6. The molecule has 3 amide bonds. The van der Waals surface area contributed by atoms with Crippen LogP contribution in [0, 0.1) is 5.92 Å². The minimum atomic E-state index is -1.12. The van der Waals surface area contributed by atoms with Crippen molar-refractivity contribution >= 4 is 62.5 Å². The molecule has 0 spiro atoms. The van der Waals surface area contributed by atoms with Crippen LogP contribution in [0.15, 0.2) is 65.1 Å². The lowest BCUT2D eigenvalue weighted by molar-refractivity contribution is -0.123. The summed E-state index contributed by atoms with van der Waals surface area (Å²) in [7, 11) is 3.03. The number of rotatable bonds is 5. The molecule has 37 heavy (non-hydrogen) atoms. The quantitative estimate of drug-likeness (QED) is 0.411. The Morgan fingerprint density at radius 2 is 1.76 bits per heavy atom. The lowest BCUT2D eigenvalue weighted by Crippen LogP contribution is -2.48. The van der Waals surface area contributed by atoms with Crippen LogP contribution in [0.3, 0.4) is 0 Å². The van der Waals surface area contributed by atoms with Gasteiger partial charge in [0.15, 0.2) is 0 Å². The number of methoxy groups -OCH3 is 2. The first kappa shape index (κ1) is 25.5. The summed E-state index contributed by atoms with van der Waals surface area (Å²) in [6.45, 7) is 0. The molecule has 2 aliphatic rings.